The van der Waals surface area contributed by atoms with Gasteiger partial charge in [0.05, 0.1) is 19.8 Å². The minimum absolute atomic E-state index is 0.231. The third kappa shape index (κ3) is 6.21. The molecule has 1 aromatic heterocycles. The van der Waals surface area contributed by atoms with Crippen LogP contribution in [0.5, 0.6) is 5.95 Å². The SMILES string of the molecule is CCOc1oc(C(COCc2ccccc2)O[Si](CC)(CC)CC)cc1Br. The standard InChI is InChI=1S/C21H31BrO4Si/c1-5-24-21-18(22)14-19(25-21)20(26-27(6-2,7-3)8-4)16-23-15-17-12-10-9-11-13-17/h9-14,20H,5-8,15-16H2,1-4H3. The Morgan fingerprint density at radius 2 is 1.70 bits per heavy atom. The van der Waals surface area contributed by atoms with E-state index in [1.54, 1.807) is 0 Å². The Kier molecular flexibility index (Phi) is 9.09. The molecule has 1 heterocycles. The summed E-state index contributed by atoms with van der Waals surface area (Å²) < 4.78 is 25.0. The average molecular weight is 455 g/mol. The summed E-state index contributed by atoms with van der Waals surface area (Å²) in [7, 11) is -1.82. The molecule has 1 unspecified atom stereocenters. The third-order valence-electron chi connectivity index (χ3n) is 4.97. The second-order valence-electron chi connectivity index (χ2n) is 6.57. The Morgan fingerprint density at radius 3 is 2.30 bits per heavy atom. The summed E-state index contributed by atoms with van der Waals surface area (Å²) in [6, 6.07) is 15.4. The lowest BCUT2D eigenvalue weighted by molar-refractivity contribution is 0.0232. The van der Waals surface area contributed by atoms with E-state index in [2.05, 4.69) is 48.8 Å². The van der Waals surface area contributed by atoms with E-state index in [0.717, 1.165) is 33.9 Å². The van der Waals surface area contributed by atoms with Gasteiger partial charge in [-0.15, -0.1) is 0 Å². The van der Waals surface area contributed by atoms with Gasteiger partial charge in [-0.2, -0.15) is 0 Å². The van der Waals surface area contributed by atoms with Crippen LogP contribution >= 0.6 is 15.9 Å². The summed E-state index contributed by atoms with van der Waals surface area (Å²) in [5.41, 5.74) is 1.15. The summed E-state index contributed by atoms with van der Waals surface area (Å²) in [4.78, 5) is 0. The first-order valence-corrected chi connectivity index (χ1v) is 13.1. The van der Waals surface area contributed by atoms with Gasteiger partial charge in [0.25, 0.3) is 5.95 Å². The van der Waals surface area contributed by atoms with Crippen LogP contribution in [-0.2, 0) is 15.8 Å². The van der Waals surface area contributed by atoms with E-state index in [0.29, 0.717) is 25.8 Å². The normalized spacial score (nSPS) is 12.9. The van der Waals surface area contributed by atoms with Crippen LogP contribution in [0, 0.1) is 0 Å². The Hall–Kier alpha value is -1.08. The Morgan fingerprint density at radius 1 is 1.04 bits per heavy atom. The number of halogens is 1. The van der Waals surface area contributed by atoms with Crippen molar-refractivity contribution in [3.8, 4) is 5.95 Å². The number of furan rings is 1. The molecule has 0 aliphatic carbocycles. The fourth-order valence-corrected chi connectivity index (χ4v) is 6.30. The molecule has 2 rings (SSSR count). The maximum Gasteiger partial charge on any atom is 0.299 e. The molecule has 0 fully saturated rings. The molecule has 1 aromatic carbocycles. The van der Waals surface area contributed by atoms with E-state index in [1.807, 2.05) is 31.2 Å². The number of benzene rings is 1. The van der Waals surface area contributed by atoms with E-state index in [4.69, 9.17) is 18.3 Å². The molecule has 0 spiro atoms. The maximum absolute atomic E-state index is 6.70. The fraction of sp³-hybridized carbons (Fsp3) is 0.524. The highest BCUT2D eigenvalue weighted by Crippen LogP contribution is 2.36. The molecule has 0 aliphatic heterocycles. The van der Waals surface area contributed by atoms with Gasteiger partial charge in [-0.1, -0.05) is 51.1 Å². The van der Waals surface area contributed by atoms with E-state index in [-0.39, 0.29) is 6.10 Å². The minimum Gasteiger partial charge on any atom is -0.465 e. The molecule has 2 aromatic rings. The molecule has 0 amide bonds. The van der Waals surface area contributed by atoms with Crippen LogP contribution in [0.1, 0.15) is 45.1 Å². The molecule has 0 saturated carbocycles. The first-order chi connectivity index (χ1) is 13.1. The highest BCUT2D eigenvalue weighted by molar-refractivity contribution is 9.10. The van der Waals surface area contributed by atoms with Crippen molar-refractivity contribution in [2.45, 2.75) is 58.5 Å². The topological polar surface area (TPSA) is 40.8 Å². The van der Waals surface area contributed by atoms with Crippen LogP contribution in [0.25, 0.3) is 0 Å². The van der Waals surface area contributed by atoms with Crippen molar-refractivity contribution in [3.05, 3.63) is 52.2 Å². The lowest BCUT2D eigenvalue weighted by Gasteiger charge is -2.32. The molecule has 150 valence electrons. The van der Waals surface area contributed by atoms with Crippen LogP contribution in [-0.4, -0.2) is 21.5 Å². The van der Waals surface area contributed by atoms with Gasteiger partial charge in [0.15, 0.2) is 8.32 Å². The summed E-state index contributed by atoms with van der Waals surface area (Å²) >= 11 is 3.52. The quantitative estimate of drug-likeness (QED) is 0.333. The van der Waals surface area contributed by atoms with Gasteiger partial charge in [-0.05, 0) is 46.5 Å². The average Bonchev–Trinajstić information content (AvgIpc) is 3.06. The monoisotopic (exact) mass is 454 g/mol. The van der Waals surface area contributed by atoms with Crippen molar-refractivity contribution < 1.29 is 18.3 Å². The smallest absolute Gasteiger partial charge is 0.299 e. The molecule has 0 saturated heterocycles. The molecule has 0 radical (unpaired) electrons. The van der Waals surface area contributed by atoms with Crippen LogP contribution in [0.2, 0.25) is 18.1 Å². The van der Waals surface area contributed by atoms with E-state index in [1.165, 1.54) is 0 Å². The highest BCUT2D eigenvalue weighted by atomic mass is 79.9. The number of hydrogen-bond donors (Lipinski definition) is 0. The first-order valence-electron chi connectivity index (χ1n) is 9.78. The predicted octanol–water partition coefficient (Wildman–Crippen LogP) is 6.72. The molecular formula is C21H31BrO4Si. The number of ether oxygens (including phenoxy) is 2. The van der Waals surface area contributed by atoms with Crippen LogP contribution in [0.4, 0.5) is 0 Å². The molecule has 1 atom stereocenters. The Bertz CT molecular complexity index is 662. The molecule has 6 heteroatoms. The van der Waals surface area contributed by atoms with Gasteiger partial charge in [0.2, 0.25) is 0 Å². The van der Waals surface area contributed by atoms with Crippen molar-refractivity contribution in [1.82, 2.24) is 0 Å². The highest BCUT2D eigenvalue weighted by Gasteiger charge is 2.34. The van der Waals surface area contributed by atoms with E-state index >= 15 is 0 Å². The largest absolute Gasteiger partial charge is 0.465 e. The van der Waals surface area contributed by atoms with Crippen molar-refractivity contribution in [3.63, 3.8) is 0 Å². The van der Waals surface area contributed by atoms with Gasteiger partial charge in [-0.25, -0.2) is 0 Å². The zero-order chi connectivity index (χ0) is 19.7. The molecule has 0 aliphatic rings. The van der Waals surface area contributed by atoms with Crippen LogP contribution in [0.3, 0.4) is 0 Å². The summed E-state index contributed by atoms with van der Waals surface area (Å²) in [6.07, 6.45) is -0.231. The first kappa shape index (κ1) is 22.2. The lowest BCUT2D eigenvalue weighted by Crippen LogP contribution is -2.38. The zero-order valence-corrected chi connectivity index (χ0v) is 19.4. The van der Waals surface area contributed by atoms with Crippen LogP contribution in [0.15, 0.2) is 45.3 Å². The Balaban J connectivity index is 2.15. The van der Waals surface area contributed by atoms with Gasteiger partial charge in [-0.3, -0.25) is 0 Å². The van der Waals surface area contributed by atoms with E-state index in [9.17, 15) is 0 Å². The third-order valence-corrected chi connectivity index (χ3v) is 10.2. The summed E-state index contributed by atoms with van der Waals surface area (Å²) in [6.45, 7) is 10.2. The Labute approximate surface area is 172 Å². The van der Waals surface area contributed by atoms with Crippen LogP contribution < -0.4 is 4.74 Å². The van der Waals surface area contributed by atoms with Gasteiger partial charge >= 0.3 is 0 Å². The van der Waals surface area contributed by atoms with Gasteiger partial charge in [0.1, 0.15) is 16.3 Å². The molecule has 4 nitrogen and oxygen atoms in total. The molecule has 0 N–H and O–H groups in total. The molecule has 0 bridgehead atoms. The predicted molar refractivity (Wildman–Crippen MR) is 115 cm³/mol. The van der Waals surface area contributed by atoms with Crippen molar-refractivity contribution in [2.24, 2.45) is 0 Å². The van der Waals surface area contributed by atoms with Gasteiger partial charge < -0.3 is 18.3 Å². The molecule has 27 heavy (non-hydrogen) atoms. The fourth-order valence-electron chi connectivity index (χ4n) is 3.09. The molecular weight excluding hydrogens is 424 g/mol. The summed E-state index contributed by atoms with van der Waals surface area (Å²) in [5, 5.41) is 0. The van der Waals surface area contributed by atoms with Crippen molar-refractivity contribution >= 4 is 24.2 Å². The van der Waals surface area contributed by atoms with Crippen molar-refractivity contribution in [1.29, 1.82) is 0 Å². The number of hydrogen-bond acceptors (Lipinski definition) is 4. The maximum atomic E-state index is 6.70. The second kappa shape index (κ2) is 11.0. The second-order valence-corrected chi connectivity index (χ2v) is 12.1. The zero-order valence-electron chi connectivity index (χ0n) is 16.8. The summed E-state index contributed by atoms with van der Waals surface area (Å²) in [5.74, 6) is 1.26. The lowest BCUT2D eigenvalue weighted by atomic mass is 10.2. The number of rotatable bonds is 12. The van der Waals surface area contributed by atoms with Crippen molar-refractivity contribution in [2.75, 3.05) is 13.2 Å². The minimum atomic E-state index is -1.82. The van der Waals surface area contributed by atoms with E-state index < -0.39 is 8.32 Å². The van der Waals surface area contributed by atoms with Gasteiger partial charge in [0, 0.05) is 6.07 Å².